The molecule has 5 heteroatoms. The Kier molecular flexibility index (Phi) is 9.70. The van der Waals surface area contributed by atoms with E-state index >= 15 is 0 Å². The quantitative estimate of drug-likeness (QED) is 0.805. The lowest BCUT2D eigenvalue weighted by molar-refractivity contribution is -0.137. The molecule has 2 N–H and O–H groups in total. The monoisotopic (exact) mass is 323 g/mol. The van der Waals surface area contributed by atoms with Crippen LogP contribution in [-0.2, 0) is 9.59 Å². The summed E-state index contributed by atoms with van der Waals surface area (Å²) >= 11 is 0. The molecule has 0 fully saturated rings. The van der Waals surface area contributed by atoms with Gasteiger partial charge in [0.15, 0.2) is 5.60 Å². The lowest BCUT2D eigenvalue weighted by Crippen LogP contribution is -2.45. The zero-order valence-electron chi connectivity index (χ0n) is 14.8. The number of amides is 1. The molecule has 1 aromatic carbocycles. The molecule has 5 nitrogen and oxygen atoms in total. The molecule has 0 aliphatic heterocycles. The summed E-state index contributed by atoms with van der Waals surface area (Å²) < 4.78 is 5.54. The lowest BCUT2D eigenvalue weighted by atomic mass is 10.0. The van der Waals surface area contributed by atoms with Crippen molar-refractivity contribution in [1.82, 2.24) is 5.32 Å². The van der Waals surface area contributed by atoms with E-state index < -0.39 is 11.6 Å². The van der Waals surface area contributed by atoms with Gasteiger partial charge in [-0.05, 0) is 38.3 Å². The molecule has 1 amide bonds. The van der Waals surface area contributed by atoms with E-state index in [1.165, 1.54) is 0 Å². The Morgan fingerprint density at radius 1 is 1.26 bits per heavy atom. The van der Waals surface area contributed by atoms with Crippen LogP contribution in [0.1, 0.15) is 47.0 Å². The van der Waals surface area contributed by atoms with Crippen LogP contribution in [0.3, 0.4) is 0 Å². The summed E-state index contributed by atoms with van der Waals surface area (Å²) in [7, 11) is 1.60. The highest BCUT2D eigenvalue weighted by Crippen LogP contribution is 2.17. The van der Waals surface area contributed by atoms with E-state index in [0.29, 0.717) is 18.1 Å². The van der Waals surface area contributed by atoms with Crippen molar-refractivity contribution in [2.75, 3.05) is 7.05 Å². The fraction of sp³-hybridized carbons (Fsp3) is 0.556. The minimum absolute atomic E-state index is 0.138. The SMILES string of the molecule is CCC(C)CCC(=O)O.CNC(=O)C(C)(C)Oc1ccccc1. The molecule has 23 heavy (non-hydrogen) atoms. The fourth-order valence-corrected chi connectivity index (χ4v) is 1.70. The van der Waals surface area contributed by atoms with E-state index in [4.69, 9.17) is 9.84 Å². The number of benzene rings is 1. The van der Waals surface area contributed by atoms with Gasteiger partial charge in [-0.1, -0.05) is 38.5 Å². The molecular weight excluding hydrogens is 294 g/mol. The summed E-state index contributed by atoms with van der Waals surface area (Å²) in [6, 6.07) is 9.29. The predicted molar refractivity (Wildman–Crippen MR) is 91.5 cm³/mol. The highest BCUT2D eigenvalue weighted by atomic mass is 16.5. The van der Waals surface area contributed by atoms with Crippen LogP contribution in [0.15, 0.2) is 30.3 Å². The number of hydrogen-bond donors (Lipinski definition) is 2. The number of hydrogen-bond acceptors (Lipinski definition) is 3. The molecular formula is C18H29NO4. The number of carboxylic acid groups (broad SMARTS) is 1. The Labute approximate surface area is 139 Å². The van der Waals surface area contributed by atoms with E-state index in [2.05, 4.69) is 19.2 Å². The molecule has 0 aliphatic carbocycles. The molecule has 1 unspecified atom stereocenters. The third-order valence-corrected chi connectivity index (χ3v) is 3.44. The van der Waals surface area contributed by atoms with Crippen LogP contribution < -0.4 is 10.1 Å². The Hall–Kier alpha value is -2.04. The Bertz CT molecular complexity index is 471. The van der Waals surface area contributed by atoms with E-state index in [0.717, 1.165) is 12.8 Å². The van der Waals surface area contributed by atoms with Crippen molar-refractivity contribution in [2.45, 2.75) is 52.6 Å². The number of para-hydroxylation sites is 1. The minimum Gasteiger partial charge on any atom is -0.481 e. The average molecular weight is 323 g/mol. The highest BCUT2D eigenvalue weighted by Gasteiger charge is 2.28. The first-order chi connectivity index (χ1) is 10.7. The van der Waals surface area contributed by atoms with E-state index in [1.807, 2.05) is 30.3 Å². The molecule has 0 aliphatic rings. The van der Waals surface area contributed by atoms with E-state index in [1.54, 1.807) is 20.9 Å². The summed E-state index contributed by atoms with van der Waals surface area (Å²) in [6.45, 7) is 7.62. The van der Waals surface area contributed by atoms with Gasteiger partial charge in [0.1, 0.15) is 5.75 Å². The molecule has 1 atom stereocenters. The van der Waals surface area contributed by atoms with Crippen molar-refractivity contribution in [1.29, 1.82) is 0 Å². The van der Waals surface area contributed by atoms with E-state index in [9.17, 15) is 9.59 Å². The van der Waals surface area contributed by atoms with Crippen LogP contribution in [-0.4, -0.2) is 29.6 Å². The van der Waals surface area contributed by atoms with Crippen LogP contribution in [0.2, 0.25) is 0 Å². The van der Waals surface area contributed by atoms with E-state index in [-0.39, 0.29) is 5.91 Å². The molecule has 0 spiro atoms. The normalized spacial score (nSPS) is 11.7. The summed E-state index contributed by atoms with van der Waals surface area (Å²) in [4.78, 5) is 21.4. The zero-order valence-corrected chi connectivity index (χ0v) is 14.8. The van der Waals surface area contributed by atoms with Gasteiger partial charge >= 0.3 is 5.97 Å². The van der Waals surface area contributed by atoms with Crippen LogP contribution >= 0.6 is 0 Å². The number of carbonyl (C=O) groups excluding carboxylic acids is 1. The van der Waals surface area contributed by atoms with Crippen LogP contribution in [0.5, 0.6) is 5.75 Å². The number of rotatable bonds is 7. The average Bonchev–Trinajstić information content (AvgIpc) is 2.52. The minimum atomic E-state index is -0.837. The standard InChI is InChI=1S/C11H15NO2.C7H14O2/c1-11(2,10(13)12-3)14-9-7-5-4-6-8-9;1-3-6(2)4-5-7(8)9/h4-8H,1-3H3,(H,12,13);6H,3-5H2,1-2H3,(H,8,9). The second-order valence-electron chi connectivity index (χ2n) is 5.95. The molecule has 0 radical (unpaired) electrons. The molecule has 0 saturated carbocycles. The van der Waals surface area contributed by atoms with Crippen LogP contribution in [0.25, 0.3) is 0 Å². The van der Waals surface area contributed by atoms with Crippen molar-refractivity contribution < 1.29 is 19.4 Å². The van der Waals surface area contributed by atoms with Crippen molar-refractivity contribution in [3.63, 3.8) is 0 Å². The second kappa shape index (κ2) is 10.6. The van der Waals surface area contributed by atoms with Gasteiger partial charge in [0, 0.05) is 13.5 Å². The van der Waals surface area contributed by atoms with Gasteiger partial charge in [0.25, 0.3) is 5.91 Å². The number of nitrogens with one attached hydrogen (secondary N) is 1. The smallest absolute Gasteiger partial charge is 0.303 e. The summed E-state index contributed by atoms with van der Waals surface area (Å²) in [5.41, 5.74) is -0.837. The number of likely N-dealkylation sites (N-methyl/N-ethyl adjacent to an activating group) is 1. The van der Waals surface area contributed by atoms with Gasteiger partial charge in [-0.25, -0.2) is 0 Å². The van der Waals surface area contributed by atoms with Crippen molar-refractivity contribution in [3.05, 3.63) is 30.3 Å². The zero-order chi connectivity index (χ0) is 17.9. The summed E-state index contributed by atoms with van der Waals surface area (Å²) in [6.07, 6.45) is 2.20. The molecule has 0 heterocycles. The third kappa shape index (κ3) is 9.55. The first-order valence-electron chi connectivity index (χ1n) is 7.91. The Morgan fingerprint density at radius 3 is 2.26 bits per heavy atom. The van der Waals surface area contributed by atoms with Crippen molar-refractivity contribution in [3.8, 4) is 5.75 Å². The Morgan fingerprint density at radius 2 is 1.83 bits per heavy atom. The Balaban J connectivity index is 0.000000468. The largest absolute Gasteiger partial charge is 0.481 e. The van der Waals surface area contributed by atoms with Gasteiger partial charge in [-0.2, -0.15) is 0 Å². The number of carbonyl (C=O) groups is 2. The van der Waals surface area contributed by atoms with Crippen molar-refractivity contribution >= 4 is 11.9 Å². The number of aliphatic carboxylic acids is 1. The maximum absolute atomic E-state index is 11.4. The first-order valence-corrected chi connectivity index (χ1v) is 7.91. The van der Waals surface area contributed by atoms with Gasteiger partial charge in [0.2, 0.25) is 0 Å². The topological polar surface area (TPSA) is 75.6 Å². The van der Waals surface area contributed by atoms with Crippen molar-refractivity contribution in [2.24, 2.45) is 5.92 Å². The molecule has 0 bridgehead atoms. The third-order valence-electron chi connectivity index (χ3n) is 3.44. The first kappa shape index (κ1) is 21.0. The molecule has 0 aromatic heterocycles. The summed E-state index contributed by atoms with van der Waals surface area (Å²) in [5.74, 6) is 0.429. The van der Waals surface area contributed by atoms with Gasteiger partial charge < -0.3 is 15.2 Å². The number of carboxylic acids is 1. The van der Waals surface area contributed by atoms with Crippen LogP contribution in [0.4, 0.5) is 0 Å². The maximum Gasteiger partial charge on any atom is 0.303 e. The predicted octanol–water partition coefficient (Wildman–Crippen LogP) is 3.49. The summed E-state index contributed by atoms with van der Waals surface area (Å²) in [5, 5.41) is 10.8. The van der Waals surface area contributed by atoms with Gasteiger partial charge in [-0.15, -0.1) is 0 Å². The fourth-order valence-electron chi connectivity index (χ4n) is 1.70. The lowest BCUT2D eigenvalue weighted by Gasteiger charge is -2.24. The molecule has 130 valence electrons. The molecule has 0 saturated heterocycles. The second-order valence-corrected chi connectivity index (χ2v) is 5.95. The number of ether oxygens (including phenoxy) is 1. The van der Waals surface area contributed by atoms with Gasteiger partial charge in [-0.3, -0.25) is 9.59 Å². The molecule has 1 aromatic rings. The molecule has 1 rings (SSSR count). The highest BCUT2D eigenvalue weighted by molar-refractivity contribution is 5.84. The van der Waals surface area contributed by atoms with Gasteiger partial charge in [0.05, 0.1) is 0 Å². The van der Waals surface area contributed by atoms with Crippen LogP contribution in [0, 0.1) is 5.92 Å². The maximum atomic E-state index is 11.4.